The van der Waals surface area contributed by atoms with Gasteiger partial charge in [-0.1, -0.05) is 23.4 Å². The van der Waals surface area contributed by atoms with E-state index in [1.54, 1.807) is 30.1 Å². The summed E-state index contributed by atoms with van der Waals surface area (Å²) >= 11 is 0. The average Bonchev–Trinajstić information content (AvgIpc) is 3.16. The van der Waals surface area contributed by atoms with Crippen molar-refractivity contribution in [3.05, 3.63) is 76.4 Å². The van der Waals surface area contributed by atoms with E-state index < -0.39 is 0 Å². The Hall–Kier alpha value is -3.62. The Morgan fingerprint density at radius 3 is 2.93 bits per heavy atom. The van der Waals surface area contributed by atoms with Gasteiger partial charge in [0.15, 0.2) is 17.0 Å². The second-order valence-electron chi connectivity index (χ2n) is 7.92. The van der Waals surface area contributed by atoms with Gasteiger partial charge < -0.3 is 9.09 Å². The topological polar surface area (TPSA) is 91.6 Å². The lowest BCUT2D eigenvalue weighted by atomic mass is 10.0. The van der Waals surface area contributed by atoms with Crippen LogP contribution in [0.15, 0.2) is 52.3 Å². The van der Waals surface area contributed by atoms with Crippen LogP contribution in [0.1, 0.15) is 29.6 Å². The van der Waals surface area contributed by atoms with Crippen molar-refractivity contribution in [1.82, 2.24) is 29.2 Å². The maximum atomic E-state index is 13.5. The van der Waals surface area contributed by atoms with Crippen molar-refractivity contribution in [1.29, 1.82) is 0 Å². The van der Waals surface area contributed by atoms with Gasteiger partial charge in [-0.15, -0.1) is 0 Å². The molecule has 0 spiro atoms. The summed E-state index contributed by atoms with van der Waals surface area (Å²) in [6.07, 6.45) is 6.08. The molecule has 30 heavy (non-hydrogen) atoms. The maximum Gasteiger partial charge on any atom is 0.280 e. The van der Waals surface area contributed by atoms with Gasteiger partial charge in [-0.2, -0.15) is 4.98 Å². The standard InChI is InChI=1S/C21H17FN6O2/c1-27-9-23-20-18(27)21(29)28(10-24-20)8-16-25-19(26-30-16)17-14-6-12(7-15(14)17)11-3-2-4-13(22)5-11/h2-6,9-10,14-15,17H,7-8H2,1H3/t14?,15-,17-/m0/s1. The zero-order valence-corrected chi connectivity index (χ0v) is 16.1. The first-order valence-electron chi connectivity index (χ1n) is 9.74. The smallest absolute Gasteiger partial charge is 0.280 e. The third kappa shape index (κ3) is 2.62. The molecule has 3 aromatic heterocycles. The fourth-order valence-electron chi connectivity index (χ4n) is 4.51. The number of aryl methyl sites for hydroxylation is 1. The number of allylic oxidation sites excluding steroid dienone is 2. The second kappa shape index (κ2) is 6.19. The lowest BCUT2D eigenvalue weighted by Crippen LogP contribution is -2.22. The minimum atomic E-state index is -0.220. The third-order valence-electron chi connectivity index (χ3n) is 6.06. The van der Waals surface area contributed by atoms with Crippen molar-refractivity contribution >= 4 is 16.7 Å². The minimum absolute atomic E-state index is 0.159. The summed E-state index contributed by atoms with van der Waals surface area (Å²) in [4.78, 5) is 25.5. The van der Waals surface area contributed by atoms with E-state index in [0.717, 1.165) is 12.0 Å². The van der Waals surface area contributed by atoms with E-state index in [9.17, 15) is 9.18 Å². The van der Waals surface area contributed by atoms with Crippen LogP contribution in [0.3, 0.4) is 0 Å². The molecule has 2 aliphatic carbocycles. The molecule has 6 rings (SSSR count). The Morgan fingerprint density at radius 1 is 1.27 bits per heavy atom. The van der Waals surface area contributed by atoms with Crippen molar-refractivity contribution in [2.75, 3.05) is 0 Å². The summed E-state index contributed by atoms with van der Waals surface area (Å²) in [5.41, 5.74) is 2.75. The molecule has 9 heteroatoms. The molecule has 0 amide bonds. The van der Waals surface area contributed by atoms with E-state index in [2.05, 4.69) is 26.2 Å². The number of hydrogen-bond acceptors (Lipinski definition) is 6. The van der Waals surface area contributed by atoms with Crippen LogP contribution in [0, 0.1) is 17.7 Å². The molecule has 1 saturated carbocycles. The second-order valence-corrected chi connectivity index (χ2v) is 7.92. The van der Waals surface area contributed by atoms with E-state index in [0.29, 0.717) is 34.7 Å². The van der Waals surface area contributed by atoms with Crippen LogP contribution < -0.4 is 5.56 Å². The summed E-state index contributed by atoms with van der Waals surface area (Å²) in [7, 11) is 1.75. The quantitative estimate of drug-likeness (QED) is 0.519. The van der Waals surface area contributed by atoms with Crippen molar-refractivity contribution in [3.63, 3.8) is 0 Å². The molecule has 1 unspecified atom stereocenters. The Bertz CT molecular complexity index is 1380. The van der Waals surface area contributed by atoms with Gasteiger partial charge in [0, 0.05) is 13.0 Å². The van der Waals surface area contributed by atoms with Crippen LogP contribution in [0.5, 0.6) is 0 Å². The minimum Gasteiger partial charge on any atom is -0.337 e. The van der Waals surface area contributed by atoms with E-state index in [1.807, 2.05) is 6.07 Å². The molecule has 0 bridgehead atoms. The maximum absolute atomic E-state index is 13.5. The fraction of sp³-hybridized carbons (Fsp3) is 0.286. The van der Waals surface area contributed by atoms with E-state index in [4.69, 9.17) is 4.52 Å². The molecule has 1 fully saturated rings. The normalized spacial score (nSPS) is 22.3. The van der Waals surface area contributed by atoms with Gasteiger partial charge in [-0.3, -0.25) is 9.36 Å². The van der Waals surface area contributed by atoms with Crippen LogP contribution in [-0.2, 0) is 13.6 Å². The van der Waals surface area contributed by atoms with Gasteiger partial charge in [0.05, 0.1) is 6.33 Å². The molecule has 0 saturated heterocycles. The molecule has 150 valence electrons. The molecule has 8 nitrogen and oxygen atoms in total. The van der Waals surface area contributed by atoms with Crippen LogP contribution >= 0.6 is 0 Å². The molecule has 0 radical (unpaired) electrons. The first kappa shape index (κ1) is 17.3. The molecular weight excluding hydrogens is 387 g/mol. The van der Waals surface area contributed by atoms with Crippen molar-refractivity contribution < 1.29 is 8.91 Å². The number of hydrogen-bond donors (Lipinski definition) is 0. The average molecular weight is 404 g/mol. The highest BCUT2D eigenvalue weighted by molar-refractivity contribution is 5.71. The van der Waals surface area contributed by atoms with Gasteiger partial charge in [-0.25, -0.2) is 14.4 Å². The zero-order valence-electron chi connectivity index (χ0n) is 16.1. The largest absolute Gasteiger partial charge is 0.337 e. The molecule has 3 heterocycles. The Balaban J connectivity index is 1.21. The van der Waals surface area contributed by atoms with E-state index in [-0.39, 0.29) is 23.8 Å². The van der Waals surface area contributed by atoms with Gasteiger partial charge in [0.2, 0.25) is 5.89 Å². The number of imidazole rings is 1. The number of halogens is 1. The molecule has 0 N–H and O–H groups in total. The summed E-state index contributed by atoms with van der Waals surface area (Å²) in [5, 5.41) is 4.14. The van der Waals surface area contributed by atoms with Crippen molar-refractivity contribution in [3.8, 4) is 0 Å². The Kier molecular flexibility index (Phi) is 3.56. The van der Waals surface area contributed by atoms with Crippen LogP contribution in [0.2, 0.25) is 0 Å². The third-order valence-corrected chi connectivity index (χ3v) is 6.06. The SMILES string of the molecule is Cn1cnc2ncn(Cc3nc([C@H]4C5C=C(c6cccc(F)c6)C[C@@H]54)no3)c(=O)c21. The summed E-state index contributed by atoms with van der Waals surface area (Å²) in [6.45, 7) is 0.159. The van der Waals surface area contributed by atoms with Crippen LogP contribution in [-0.4, -0.2) is 29.2 Å². The number of fused-ring (bicyclic) bond motifs is 2. The highest BCUT2D eigenvalue weighted by Crippen LogP contribution is 2.62. The van der Waals surface area contributed by atoms with E-state index in [1.165, 1.54) is 22.5 Å². The molecule has 3 atom stereocenters. The predicted octanol–water partition coefficient (Wildman–Crippen LogP) is 2.52. The zero-order chi connectivity index (χ0) is 20.4. The van der Waals surface area contributed by atoms with E-state index >= 15 is 0 Å². The van der Waals surface area contributed by atoms with Crippen LogP contribution in [0.25, 0.3) is 16.7 Å². The molecule has 1 aromatic carbocycles. The highest BCUT2D eigenvalue weighted by atomic mass is 19.1. The first-order chi connectivity index (χ1) is 14.6. The van der Waals surface area contributed by atoms with Crippen molar-refractivity contribution in [2.45, 2.75) is 18.9 Å². The summed E-state index contributed by atoms with van der Waals surface area (Å²) < 4.78 is 22.0. The fourth-order valence-corrected chi connectivity index (χ4v) is 4.51. The summed E-state index contributed by atoms with van der Waals surface area (Å²) in [6, 6.07) is 6.70. The lowest BCUT2D eigenvalue weighted by Gasteiger charge is -2.05. The van der Waals surface area contributed by atoms with Crippen LogP contribution in [0.4, 0.5) is 4.39 Å². The van der Waals surface area contributed by atoms with Gasteiger partial charge in [0.25, 0.3) is 5.56 Å². The number of aromatic nitrogens is 6. The number of rotatable bonds is 4. The molecule has 0 aliphatic heterocycles. The summed E-state index contributed by atoms with van der Waals surface area (Å²) in [5.74, 6) is 1.80. The van der Waals surface area contributed by atoms with Crippen molar-refractivity contribution in [2.24, 2.45) is 18.9 Å². The Morgan fingerprint density at radius 2 is 2.13 bits per heavy atom. The Labute approximate surface area is 169 Å². The molecular formula is C21H17FN6O2. The van der Waals surface area contributed by atoms with Gasteiger partial charge >= 0.3 is 0 Å². The van der Waals surface area contributed by atoms with Gasteiger partial charge in [0.1, 0.15) is 18.7 Å². The monoisotopic (exact) mass is 404 g/mol. The number of nitrogens with zero attached hydrogens (tertiary/aromatic N) is 6. The van der Waals surface area contributed by atoms with Gasteiger partial charge in [-0.05, 0) is 41.5 Å². The number of benzene rings is 1. The molecule has 4 aromatic rings. The predicted molar refractivity (Wildman–Crippen MR) is 105 cm³/mol. The molecule has 2 aliphatic rings. The lowest BCUT2D eigenvalue weighted by molar-refractivity contribution is 0.364. The first-order valence-corrected chi connectivity index (χ1v) is 9.74. The highest BCUT2D eigenvalue weighted by Gasteiger charge is 2.55.